The zero-order chi connectivity index (χ0) is 23.8. The second-order valence-corrected chi connectivity index (χ2v) is 9.29. The number of rotatable bonds is 6. The molecule has 2 aromatic heterocycles. The van der Waals surface area contributed by atoms with Gasteiger partial charge in [0.15, 0.2) is 5.88 Å². The summed E-state index contributed by atoms with van der Waals surface area (Å²) < 4.78 is 13.1. The Kier molecular flexibility index (Phi) is 6.21. The van der Waals surface area contributed by atoms with Crippen molar-refractivity contribution in [3.05, 3.63) is 54.2 Å². The highest BCUT2D eigenvalue weighted by molar-refractivity contribution is 6.05. The van der Waals surface area contributed by atoms with Crippen LogP contribution in [-0.4, -0.2) is 46.3 Å². The van der Waals surface area contributed by atoms with Gasteiger partial charge in [0.1, 0.15) is 5.60 Å². The molecule has 4 aromatic rings. The average molecular weight is 448 g/mol. The first-order valence-corrected chi connectivity index (χ1v) is 11.5. The first-order valence-electron chi connectivity index (χ1n) is 11.5. The highest BCUT2D eigenvalue weighted by Crippen LogP contribution is 2.38. The fourth-order valence-corrected chi connectivity index (χ4v) is 4.30. The van der Waals surface area contributed by atoms with Gasteiger partial charge in [0.2, 0.25) is 0 Å². The predicted molar refractivity (Wildman–Crippen MR) is 134 cm³/mol. The summed E-state index contributed by atoms with van der Waals surface area (Å²) in [7, 11) is 1.64. The molecule has 0 radical (unpaired) electrons. The van der Waals surface area contributed by atoms with Gasteiger partial charge in [-0.25, -0.2) is 9.36 Å². The van der Waals surface area contributed by atoms with E-state index < -0.39 is 11.7 Å². The van der Waals surface area contributed by atoms with Gasteiger partial charge in [0.05, 0.1) is 23.7 Å². The highest BCUT2D eigenvalue weighted by Gasteiger charge is 2.24. The minimum absolute atomic E-state index is 0.393. The predicted octanol–water partition coefficient (Wildman–Crippen LogP) is 6.42. The van der Waals surface area contributed by atoms with Crippen molar-refractivity contribution in [1.29, 1.82) is 0 Å². The number of nitrogens with one attached hydrogen (secondary N) is 1. The van der Waals surface area contributed by atoms with Gasteiger partial charge < -0.3 is 14.5 Å². The van der Waals surface area contributed by atoms with E-state index in [0.717, 1.165) is 52.6 Å². The fraction of sp³-hybridized carbons (Fsp3) is 0.370. The maximum Gasteiger partial charge on any atom is 0.419 e. The van der Waals surface area contributed by atoms with E-state index in [9.17, 15) is 4.79 Å². The van der Waals surface area contributed by atoms with Crippen molar-refractivity contribution >= 4 is 27.8 Å². The molecule has 0 spiro atoms. The van der Waals surface area contributed by atoms with Gasteiger partial charge in [0.25, 0.3) is 0 Å². The minimum Gasteiger partial charge on any atom is -0.482 e. The van der Waals surface area contributed by atoms with Gasteiger partial charge in [-0.3, -0.25) is 4.90 Å². The van der Waals surface area contributed by atoms with Crippen molar-refractivity contribution in [3.63, 3.8) is 0 Å². The number of aromatic nitrogens is 2. The number of carbonyl (C=O) groups excluding carboxylic acids is 1. The Labute approximate surface area is 195 Å². The van der Waals surface area contributed by atoms with Crippen LogP contribution in [0.5, 0.6) is 5.88 Å². The van der Waals surface area contributed by atoms with Crippen LogP contribution in [0, 0.1) is 0 Å². The summed E-state index contributed by atoms with van der Waals surface area (Å²) in [5.74, 6) is 0.670. The van der Waals surface area contributed by atoms with Crippen LogP contribution >= 0.6 is 0 Å². The van der Waals surface area contributed by atoms with Crippen molar-refractivity contribution in [3.8, 4) is 17.1 Å². The number of ether oxygens (including phenoxy) is 2. The molecule has 0 saturated carbocycles. The lowest BCUT2D eigenvalue weighted by Gasteiger charge is -2.21. The molecule has 0 aliphatic rings. The molecule has 174 valence electrons. The van der Waals surface area contributed by atoms with Crippen molar-refractivity contribution in [2.24, 2.45) is 0 Å². The monoisotopic (exact) mass is 447 g/mol. The van der Waals surface area contributed by atoms with Gasteiger partial charge in [-0.2, -0.15) is 0 Å². The van der Waals surface area contributed by atoms with E-state index in [1.54, 1.807) is 11.7 Å². The number of hydrogen-bond acceptors (Lipinski definition) is 4. The second-order valence-electron chi connectivity index (χ2n) is 9.29. The number of H-pyrrole nitrogens is 1. The van der Waals surface area contributed by atoms with E-state index in [-0.39, 0.29) is 0 Å². The SMILES string of the molecule is CCN(CC)Cc1ccc2c(c1)cc(-c1cccc3c[nH]c(OC)c13)n2C(=O)OC(C)(C)C. The lowest BCUT2D eigenvalue weighted by Crippen LogP contribution is -2.27. The van der Waals surface area contributed by atoms with E-state index in [0.29, 0.717) is 5.88 Å². The molecule has 1 N–H and O–H groups in total. The summed E-state index contributed by atoms with van der Waals surface area (Å²) >= 11 is 0. The Balaban J connectivity index is 1.94. The molecule has 6 heteroatoms. The number of methoxy groups -OCH3 is 1. The van der Waals surface area contributed by atoms with Crippen molar-refractivity contribution in [2.75, 3.05) is 20.2 Å². The maximum atomic E-state index is 13.4. The molecule has 0 atom stereocenters. The molecular weight excluding hydrogens is 414 g/mol. The molecule has 0 aliphatic heterocycles. The minimum atomic E-state index is -0.606. The van der Waals surface area contributed by atoms with Crippen LogP contribution in [0.25, 0.3) is 32.9 Å². The number of carbonyl (C=O) groups is 1. The molecule has 0 bridgehead atoms. The van der Waals surface area contributed by atoms with E-state index in [1.165, 1.54) is 5.56 Å². The van der Waals surface area contributed by atoms with Gasteiger partial charge in [-0.1, -0.05) is 38.1 Å². The van der Waals surface area contributed by atoms with Crippen LogP contribution in [0.3, 0.4) is 0 Å². The van der Waals surface area contributed by atoms with Crippen LogP contribution in [0.15, 0.2) is 48.7 Å². The quantitative estimate of drug-likeness (QED) is 0.370. The molecule has 0 aliphatic carbocycles. The molecule has 4 rings (SSSR count). The third-order valence-corrected chi connectivity index (χ3v) is 5.91. The molecular formula is C27H33N3O3. The van der Waals surface area contributed by atoms with Gasteiger partial charge in [-0.05, 0) is 57.6 Å². The summed E-state index contributed by atoms with van der Waals surface area (Å²) in [6, 6.07) is 14.4. The normalized spacial score (nSPS) is 12.1. The van der Waals surface area contributed by atoms with Crippen molar-refractivity contribution in [1.82, 2.24) is 14.5 Å². The Bertz CT molecular complexity index is 1290. The number of benzene rings is 2. The molecule has 2 heterocycles. The molecule has 0 amide bonds. The highest BCUT2D eigenvalue weighted by atomic mass is 16.6. The largest absolute Gasteiger partial charge is 0.482 e. The number of fused-ring (bicyclic) bond motifs is 2. The first kappa shape index (κ1) is 22.9. The molecule has 0 fully saturated rings. The Morgan fingerprint density at radius 3 is 2.48 bits per heavy atom. The summed E-state index contributed by atoms with van der Waals surface area (Å²) in [6.45, 7) is 12.9. The summed E-state index contributed by atoms with van der Waals surface area (Å²) in [5.41, 5.74) is 3.14. The number of aromatic amines is 1. The van der Waals surface area contributed by atoms with Crippen LogP contribution in [0.1, 0.15) is 40.2 Å². The van der Waals surface area contributed by atoms with Crippen molar-refractivity contribution in [2.45, 2.75) is 46.8 Å². The van der Waals surface area contributed by atoms with E-state index in [2.05, 4.69) is 41.9 Å². The zero-order valence-corrected chi connectivity index (χ0v) is 20.4. The lowest BCUT2D eigenvalue weighted by molar-refractivity contribution is 0.0547. The first-order chi connectivity index (χ1) is 15.8. The summed E-state index contributed by atoms with van der Waals surface area (Å²) in [5, 5.41) is 2.97. The number of hydrogen-bond donors (Lipinski definition) is 1. The fourth-order valence-electron chi connectivity index (χ4n) is 4.30. The van der Waals surface area contributed by atoms with E-state index in [4.69, 9.17) is 9.47 Å². The smallest absolute Gasteiger partial charge is 0.419 e. The molecule has 0 unspecified atom stereocenters. The Morgan fingerprint density at radius 2 is 1.82 bits per heavy atom. The maximum absolute atomic E-state index is 13.4. The summed E-state index contributed by atoms with van der Waals surface area (Å²) in [6.07, 6.45) is 1.52. The van der Waals surface area contributed by atoms with Crippen LogP contribution < -0.4 is 4.74 Å². The van der Waals surface area contributed by atoms with Gasteiger partial charge >= 0.3 is 6.09 Å². The van der Waals surface area contributed by atoms with Gasteiger partial charge in [-0.15, -0.1) is 0 Å². The molecule has 33 heavy (non-hydrogen) atoms. The van der Waals surface area contributed by atoms with Crippen molar-refractivity contribution < 1.29 is 14.3 Å². The number of nitrogens with zero attached hydrogens (tertiary/aromatic N) is 2. The second kappa shape index (κ2) is 8.94. The third-order valence-electron chi connectivity index (χ3n) is 5.91. The lowest BCUT2D eigenvalue weighted by atomic mass is 10.1. The average Bonchev–Trinajstić information content (AvgIpc) is 3.37. The zero-order valence-electron chi connectivity index (χ0n) is 20.4. The topological polar surface area (TPSA) is 59.5 Å². The van der Waals surface area contributed by atoms with Crippen LogP contribution in [0.4, 0.5) is 4.79 Å². The summed E-state index contributed by atoms with van der Waals surface area (Å²) in [4.78, 5) is 19.0. The molecule has 2 aromatic carbocycles. The van der Waals surface area contributed by atoms with E-state index >= 15 is 0 Å². The van der Waals surface area contributed by atoms with E-state index in [1.807, 2.05) is 51.2 Å². The molecule has 6 nitrogen and oxygen atoms in total. The van der Waals surface area contributed by atoms with Gasteiger partial charge in [0, 0.05) is 29.1 Å². The molecule has 0 saturated heterocycles. The Hall–Kier alpha value is -3.25. The Morgan fingerprint density at radius 1 is 1.06 bits per heavy atom. The standard InChI is InChI=1S/C27H33N3O3/c1-7-29(8-2)17-18-12-13-22-20(14-18)15-23(30(22)26(31)33-27(3,4)5)21-11-9-10-19-16-28-25(32-6)24(19)21/h9-16,28H,7-8,17H2,1-6H3. The van der Waals surface area contributed by atoms with Crippen LogP contribution in [-0.2, 0) is 11.3 Å². The van der Waals surface area contributed by atoms with Crippen LogP contribution in [0.2, 0.25) is 0 Å². The third kappa shape index (κ3) is 4.48.